The van der Waals surface area contributed by atoms with Crippen molar-refractivity contribution in [2.24, 2.45) is 0 Å². The van der Waals surface area contributed by atoms with Gasteiger partial charge in [-0.05, 0) is 33.8 Å². The third-order valence-corrected chi connectivity index (χ3v) is 6.55. The SMILES string of the molecule is CC1(C)OC[C@H](C[C@@]2(Cc3cc(O)c4c(c3O)C(=O)c3ccccc3C4=O)COC(C)(C)O2)O1. The molecule has 180 valence electrons. The van der Waals surface area contributed by atoms with Crippen LogP contribution in [0.5, 0.6) is 11.5 Å². The lowest BCUT2D eigenvalue weighted by atomic mass is 9.80. The first kappa shape index (κ1) is 23.0. The van der Waals surface area contributed by atoms with Gasteiger partial charge in [-0.2, -0.15) is 0 Å². The number of rotatable bonds is 4. The minimum atomic E-state index is -0.907. The molecule has 0 saturated carbocycles. The molecule has 34 heavy (non-hydrogen) atoms. The fraction of sp³-hybridized carbons (Fsp3) is 0.462. The second kappa shape index (κ2) is 7.61. The molecule has 2 saturated heterocycles. The highest BCUT2D eigenvalue weighted by Crippen LogP contribution is 2.45. The summed E-state index contributed by atoms with van der Waals surface area (Å²) in [5.41, 5.74) is -0.589. The summed E-state index contributed by atoms with van der Waals surface area (Å²) in [5.74, 6) is -3.28. The minimum absolute atomic E-state index is 0.131. The van der Waals surface area contributed by atoms with Crippen LogP contribution in [-0.2, 0) is 25.4 Å². The Morgan fingerprint density at radius 1 is 0.941 bits per heavy atom. The van der Waals surface area contributed by atoms with Crippen LogP contribution in [0.25, 0.3) is 0 Å². The molecule has 0 spiro atoms. The Hall–Kier alpha value is -2.78. The van der Waals surface area contributed by atoms with Crippen molar-refractivity contribution in [1.29, 1.82) is 0 Å². The fourth-order valence-electron chi connectivity index (χ4n) is 5.22. The van der Waals surface area contributed by atoms with Gasteiger partial charge in [-0.25, -0.2) is 0 Å². The molecule has 1 aliphatic carbocycles. The van der Waals surface area contributed by atoms with Gasteiger partial charge in [0.15, 0.2) is 23.1 Å². The molecule has 0 amide bonds. The lowest BCUT2D eigenvalue weighted by molar-refractivity contribution is -0.174. The fourth-order valence-corrected chi connectivity index (χ4v) is 5.22. The van der Waals surface area contributed by atoms with Crippen LogP contribution < -0.4 is 0 Å². The van der Waals surface area contributed by atoms with Gasteiger partial charge in [-0.3, -0.25) is 9.59 Å². The molecular formula is C26H28O8. The van der Waals surface area contributed by atoms with Gasteiger partial charge in [0.2, 0.25) is 0 Å². The maximum atomic E-state index is 13.2. The molecule has 2 aliphatic heterocycles. The molecule has 0 unspecified atom stereocenters. The van der Waals surface area contributed by atoms with Gasteiger partial charge in [-0.1, -0.05) is 24.3 Å². The second-order valence-electron chi connectivity index (χ2n) is 10.2. The Kier molecular flexibility index (Phi) is 5.15. The van der Waals surface area contributed by atoms with Gasteiger partial charge in [-0.15, -0.1) is 0 Å². The van der Waals surface area contributed by atoms with Gasteiger partial charge in [0, 0.05) is 29.5 Å². The van der Waals surface area contributed by atoms with Crippen LogP contribution in [0.4, 0.5) is 0 Å². The number of hydrogen-bond acceptors (Lipinski definition) is 8. The van der Waals surface area contributed by atoms with Gasteiger partial charge in [0.1, 0.15) is 17.1 Å². The molecule has 0 radical (unpaired) electrons. The van der Waals surface area contributed by atoms with Crippen LogP contribution in [0.15, 0.2) is 30.3 Å². The molecule has 2 atom stereocenters. The molecule has 8 nitrogen and oxygen atoms in total. The van der Waals surface area contributed by atoms with Gasteiger partial charge in [0.25, 0.3) is 0 Å². The molecule has 2 aromatic carbocycles. The lowest BCUT2D eigenvalue weighted by Gasteiger charge is -2.32. The number of fused-ring (bicyclic) bond motifs is 2. The first-order valence-electron chi connectivity index (χ1n) is 11.3. The number of hydrogen-bond donors (Lipinski definition) is 2. The molecule has 0 bridgehead atoms. The van der Waals surface area contributed by atoms with E-state index >= 15 is 0 Å². The summed E-state index contributed by atoms with van der Waals surface area (Å²) in [6.07, 6.45) is 0.273. The highest BCUT2D eigenvalue weighted by atomic mass is 16.8. The first-order chi connectivity index (χ1) is 15.9. The normalized spacial score (nSPS) is 27.0. The largest absolute Gasteiger partial charge is 0.507 e. The van der Waals surface area contributed by atoms with E-state index in [0.29, 0.717) is 13.0 Å². The van der Waals surface area contributed by atoms with Crippen molar-refractivity contribution in [1.82, 2.24) is 0 Å². The Morgan fingerprint density at radius 2 is 1.59 bits per heavy atom. The van der Waals surface area contributed by atoms with E-state index in [4.69, 9.17) is 18.9 Å². The lowest BCUT2D eigenvalue weighted by Crippen LogP contribution is -2.41. The predicted molar refractivity (Wildman–Crippen MR) is 120 cm³/mol. The zero-order valence-electron chi connectivity index (χ0n) is 19.6. The highest BCUT2D eigenvalue weighted by molar-refractivity contribution is 6.30. The quantitative estimate of drug-likeness (QED) is 0.560. The standard InChI is InChI=1S/C26H28O8/c1-24(2)31-12-15(33-24)11-26(13-32-25(3,4)34-26)10-14-9-18(27)19-20(21(14)28)23(30)17-8-6-5-7-16(17)22(19)29/h5-9,15,27-28H,10-13H2,1-4H3/t15-,26-/m0/s1. The van der Waals surface area contributed by atoms with E-state index in [1.165, 1.54) is 12.1 Å². The van der Waals surface area contributed by atoms with Crippen LogP contribution in [0.2, 0.25) is 0 Å². The smallest absolute Gasteiger partial charge is 0.198 e. The van der Waals surface area contributed by atoms with Crippen molar-refractivity contribution in [3.05, 3.63) is 58.1 Å². The summed E-state index contributed by atoms with van der Waals surface area (Å²) in [5, 5.41) is 22.0. The summed E-state index contributed by atoms with van der Waals surface area (Å²) in [4.78, 5) is 26.3. The van der Waals surface area contributed by atoms with E-state index in [1.807, 2.05) is 13.8 Å². The molecule has 2 N–H and O–H groups in total. The molecule has 5 rings (SSSR count). The number of ether oxygens (including phenoxy) is 4. The minimum Gasteiger partial charge on any atom is -0.507 e. The number of phenolic OH excluding ortho intramolecular Hbond substituents is 2. The third-order valence-electron chi connectivity index (χ3n) is 6.55. The average molecular weight is 469 g/mol. The van der Waals surface area contributed by atoms with E-state index in [2.05, 4.69) is 0 Å². The maximum absolute atomic E-state index is 13.2. The van der Waals surface area contributed by atoms with Crippen LogP contribution >= 0.6 is 0 Å². The van der Waals surface area contributed by atoms with Gasteiger partial charge < -0.3 is 29.2 Å². The van der Waals surface area contributed by atoms with Crippen LogP contribution in [0, 0.1) is 0 Å². The number of aromatic hydroxyl groups is 2. The van der Waals surface area contributed by atoms with Crippen molar-refractivity contribution in [3.8, 4) is 11.5 Å². The molecule has 2 aromatic rings. The van der Waals surface area contributed by atoms with Crippen molar-refractivity contribution >= 4 is 11.6 Å². The summed E-state index contributed by atoms with van der Waals surface area (Å²) < 4.78 is 23.9. The first-order valence-corrected chi connectivity index (χ1v) is 11.3. The van der Waals surface area contributed by atoms with Gasteiger partial charge >= 0.3 is 0 Å². The average Bonchev–Trinajstić information content (AvgIpc) is 3.25. The van der Waals surface area contributed by atoms with Crippen LogP contribution in [0.3, 0.4) is 0 Å². The number of benzene rings is 2. The van der Waals surface area contributed by atoms with Crippen LogP contribution in [0.1, 0.15) is 71.5 Å². The van der Waals surface area contributed by atoms with E-state index in [9.17, 15) is 19.8 Å². The Balaban J connectivity index is 1.54. The summed E-state index contributed by atoms with van der Waals surface area (Å²) in [6.45, 7) is 7.87. The monoisotopic (exact) mass is 468 g/mol. The third kappa shape index (κ3) is 3.80. The second-order valence-corrected chi connectivity index (χ2v) is 10.2. The van der Waals surface area contributed by atoms with E-state index in [1.54, 1.807) is 32.0 Å². The zero-order chi connectivity index (χ0) is 24.5. The van der Waals surface area contributed by atoms with Crippen molar-refractivity contribution in [3.63, 3.8) is 0 Å². The molecule has 2 fully saturated rings. The highest BCUT2D eigenvalue weighted by Gasteiger charge is 2.49. The number of phenols is 2. The topological polar surface area (TPSA) is 112 Å². The number of carbonyl (C=O) groups is 2. The van der Waals surface area contributed by atoms with Crippen molar-refractivity contribution < 1.29 is 38.7 Å². The van der Waals surface area contributed by atoms with Gasteiger partial charge in [0.05, 0.1) is 30.4 Å². The Bertz CT molecular complexity index is 1200. The summed E-state index contributed by atoms with van der Waals surface area (Å²) in [6, 6.07) is 7.72. The van der Waals surface area contributed by atoms with E-state index in [0.717, 1.165) is 0 Å². The van der Waals surface area contributed by atoms with Crippen LogP contribution in [-0.4, -0.2) is 58.3 Å². The Labute approximate surface area is 197 Å². The predicted octanol–water partition coefficient (Wildman–Crippen LogP) is 3.48. The van der Waals surface area contributed by atoms with E-state index < -0.39 is 28.7 Å². The maximum Gasteiger partial charge on any atom is 0.198 e. The zero-order valence-corrected chi connectivity index (χ0v) is 19.6. The molecule has 0 aromatic heterocycles. The number of carbonyl (C=O) groups excluding carboxylic acids is 2. The summed E-state index contributed by atoms with van der Waals surface area (Å²) in [7, 11) is 0. The molecule has 8 heteroatoms. The summed E-state index contributed by atoms with van der Waals surface area (Å²) >= 11 is 0. The van der Waals surface area contributed by atoms with Crippen molar-refractivity contribution in [2.45, 2.75) is 63.8 Å². The molecular weight excluding hydrogens is 440 g/mol. The molecule has 2 heterocycles. The molecule has 3 aliphatic rings. The van der Waals surface area contributed by atoms with Crippen molar-refractivity contribution in [2.75, 3.05) is 13.2 Å². The Morgan fingerprint density at radius 3 is 2.15 bits per heavy atom. The van der Waals surface area contributed by atoms with E-state index in [-0.39, 0.29) is 58.4 Å². The number of ketones is 2.